The van der Waals surface area contributed by atoms with Crippen LogP contribution in [-0.2, 0) is 7.05 Å². The average molecular weight is 312 g/mol. The van der Waals surface area contributed by atoms with Crippen LogP contribution in [0.3, 0.4) is 0 Å². The summed E-state index contributed by atoms with van der Waals surface area (Å²) in [5.41, 5.74) is -1.00. The second-order valence-corrected chi connectivity index (χ2v) is 4.81. The molecule has 3 aromatic heterocycles. The summed E-state index contributed by atoms with van der Waals surface area (Å²) >= 11 is 11.8. The van der Waals surface area contributed by atoms with E-state index < -0.39 is 11.2 Å². The Morgan fingerprint density at radius 3 is 2.70 bits per heavy atom. The van der Waals surface area contributed by atoms with Gasteiger partial charge < -0.3 is 4.57 Å². The maximum atomic E-state index is 12.1. The van der Waals surface area contributed by atoms with E-state index in [2.05, 4.69) is 15.0 Å². The molecule has 3 heterocycles. The number of aryl methyl sites for hydroxylation is 1. The minimum Gasteiger partial charge on any atom is -0.320 e. The van der Waals surface area contributed by atoms with Crippen molar-refractivity contribution >= 4 is 34.1 Å². The Morgan fingerprint density at radius 2 is 2.05 bits per heavy atom. The number of hydrogen-bond acceptors (Lipinski definition) is 4. The number of nitrogens with one attached hydrogen (secondary N) is 1. The van der Waals surface area contributed by atoms with Gasteiger partial charge in [0.05, 0.1) is 5.52 Å². The molecule has 3 rings (SSSR count). The highest BCUT2D eigenvalue weighted by molar-refractivity contribution is 6.36. The number of nitrogens with zero attached hydrogens (tertiary/aromatic N) is 4. The zero-order chi connectivity index (χ0) is 14.4. The van der Waals surface area contributed by atoms with Gasteiger partial charge in [0, 0.05) is 25.5 Å². The van der Waals surface area contributed by atoms with Crippen LogP contribution in [0.1, 0.15) is 0 Å². The number of halogens is 2. The third-order valence-corrected chi connectivity index (χ3v) is 3.28. The molecule has 3 aromatic rings. The number of aromatic nitrogens is 5. The Hall–Kier alpha value is -2.12. The minimum absolute atomic E-state index is 0.0725. The predicted molar refractivity (Wildman–Crippen MR) is 74.7 cm³/mol. The van der Waals surface area contributed by atoms with Gasteiger partial charge in [-0.05, 0) is 0 Å². The first-order chi connectivity index (χ1) is 9.49. The van der Waals surface area contributed by atoms with Crippen LogP contribution in [0.25, 0.3) is 16.9 Å². The highest BCUT2D eigenvalue weighted by Gasteiger charge is 2.16. The molecule has 1 N–H and O–H groups in total. The monoisotopic (exact) mass is 311 g/mol. The molecule has 0 bridgehead atoms. The van der Waals surface area contributed by atoms with E-state index >= 15 is 0 Å². The third kappa shape index (κ3) is 1.83. The highest BCUT2D eigenvalue weighted by atomic mass is 35.5. The maximum absolute atomic E-state index is 12.1. The molecule has 0 spiro atoms. The Balaban J connectivity index is 2.59. The van der Waals surface area contributed by atoms with Crippen molar-refractivity contribution in [3.8, 4) is 5.95 Å². The fourth-order valence-corrected chi connectivity index (χ4v) is 2.46. The molecule has 0 saturated heterocycles. The van der Waals surface area contributed by atoms with Gasteiger partial charge in [0.25, 0.3) is 5.56 Å². The topological polar surface area (TPSA) is 85.6 Å². The van der Waals surface area contributed by atoms with E-state index in [1.54, 1.807) is 17.8 Å². The summed E-state index contributed by atoms with van der Waals surface area (Å²) < 4.78 is 2.84. The zero-order valence-electron chi connectivity index (χ0n) is 10.1. The lowest BCUT2D eigenvalue weighted by molar-refractivity contribution is 0.793. The number of aromatic amines is 1. The molecule has 0 amide bonds. The number of rotatable bonds is 1. The molecule has 0 atom stereocenters. The largest absolute Gasteiger partial charge is 0.335 e. The van der Waals surface area contributed by atoms with Crippen LogP contribution in [0.15, 0.2) is 28.0 Å². The molecule has 0 saturated carbocycles. The standard InChI is InChI=1S/C11H7Cl2N5O2/c1-17-3-2-14-10(17)18-5-4-6(12)15-8(13)7(5)9(19)16-11(18)20/h2-4H,1H3,(H,16,19,20). The van der Waals surface area contributed by atoms with E-state index in [0.717, 1.165) is 0 Å². The van der Waals surface area contributed by atoms with Crippen LogP contribution < -0.4 is 11.2 Å². The second kappa shape index (κ2) is 4.46. The van der Waals surface area contributed by atoms with Crippen molar-refractivity contribution in [2.45, 2.75) is 0 Å². The number of pyridine rings is 1. The smallest absolute Gasteiger partial charge is 0.320 e. The lowest BCUT2D eigenvalue weighted by atomic mass is 10.3. The van der Waals surface area contributed by atoms with Gasteiger partial charge in [-0.25, -0.2) is 19.3 Å². The molecule has 9 heteroatoms. The zero-order valence-corrected chi connectivity index (χ0v) is 11.6. The van der Waals surface area contributed by atoms with Crippen molar-refractivity contribution in [1.29, 1.82) is 0 Å². The van der Waals surface area contributed by atoms with Gasteiger partial charge >= 0.3 is 5.69 Å². The van der Waals surface area contributed by atoms with Gasteiger partial charge in [-0.15, -0.1) is 0 Å². The first kappa shape index (κ1) is 12.9. The van der Waals surface area contributed by atoms with Crippen molar-refractivity contribution in [3.05, 3.63) is 49.6 Å². The molecular weight excluding hydrogens is 305 g/mol. The minimum atomic E-state index is -0.630. The van der Waals surface area contributed by atoms with Crippen LogP contribution in [0.4, 0.5) is 0 Å². The normalized spacial score (nSPS) is 11.2. The highest BCUT2D eigenvalue weighted by Crippen LogP contribution is 2.22. The molecule has 0 unspecified atom stereocenters. The molecule has 0 aliphatic carbocycles. The molecular formula is C11H7Cl2N5O2. The van der Waals surface area contributed by atoms with E-state index in [9.17, 15) is 9.59 Å². The lowest BCUT2D eigenvalue weighted by Gasteiger charge is -2.09. The van der Waals surface area contributed by atoms with E-state index in [1.165, 1.54) is 16.8 Å². The first-order valence-electron chi connectivity index (χ1n) is 5.48. The maximum Gasteiger partial charge on any atom is 0.335 e. The van der Waals surface area contributed by atoms with Crippen molar-refractivity contribution < 1.29 is 0 Å². The van der Waals surface area contributed by atoms with E-state index in [-0.39, 0.29) is 21.2 Å². The Kier molecular flexibility index (Phi) is 2.88. The van der Waals surface area contributed by atoms with Crippen molar-refractivity contribution in [3.63, 3.8) is 0 Å². The van der Waals surface area contributed by atoms with Gasteiger partial charge in [-0.1, -0.05) is 23.2 Å². The molecule has 0 aliphatic rings. The summed E-state index contributed by atoms with van der Waals surface area (Å²) in [6, 6.07) is 1.40. The molecule has 0 radical (unpaired) electrons. The van der Waals surface area contributed by atoms with E-state index in [4.69, 9.17) is 23.2 Å². The fourth-order valence-electron chi connectivity index (χ4n) is 1.96. The predicted octanol–water partition coefficient (Wildman–Crippen LogP) is 1.11. The molecule has 0 aromatic carbocycles. The Morgan fingerprint density at radius 1 is 1.30 bits per heavy atom. The number of H-pyrrole nitrogens is 1. The van der Waals surface area contributed by atoms with Crippen LogP contribution in [0.5, 0.6) is 0 Å². The molecule has 0 aliphatic heterocycles. The summed E-state index contributed by atoms with van der Waals surface area (Å²) in [5, 5.41) is 0.0887. The molecule has 0 fully saturated rings. The first-order valence-corrected chi connectivity index (χ1v) is 6.23. The number of hydrogen-bond donors (Lipinski definition) is 1. The number of fused-ring (bicyclic) bond motifs is 1. The summed E-state index contributed by atoms with van der Waals surface area (Å²) in [6.07, 6.45) is 3.20. The van der Waals surface area contributed by atoms with Gasteiger partial charge in [-0.2, -0.15) is 0 Å². The SMILES string of the molecule is Cn1ccnc1-n1c(=O)[nH]c(=O)c2c(Cl)nc(Cl)cc21. The third-order valence-electron chi connectivity index (χ3n) is 2.81. The summed E-state index contributed by atoms with van der Waals surface area (Å²) in [4.78, 5) is 34.0. The molecule has 20 heavy (non-hydrogen) atoms. The fraction of sp³-hybridized carbons (Fsp3) is 0.0909. The van der Waals surface area contributed by atoms with Crippen LogP contribution >= 0.6 is 23.2 Å². The van der Waals surface area contributed by atoms with Crippen LogP contribution in [0.2, 0.25) is 10.3 Å². The summed E-state index contributed by atoms with van der Waals surface area (Å²) in [5.74, 6) is 0.328. The van der Waals surface area contributed by atoms with Gasteiger partial charge in [0.15, 0.2) is 0 Å². The van der Waals surface area contributed by atoms with E-state index in [0.29, 0.717) is 5.95 Å². The van der Waals surface area contributed by atoms with Gasteiger partial charge in [0.2, 0.25) is 5.95 Å². The summed E-state index contributed by atoms with van der Waals surface area (Å²) in [7, 11) is 1.72. The van der Waals surface area contributed by atoms with Crippen LogP contribution in [-0.4, -0.2) is 24.1 Å². The average Bonchev–Trinajstić information content (AvgIpc) is 2.74. The Bertz CT molecular complexity index is 940. The van der Waals surface area contributed by atoms with Gasteiger partial charge in [0.1, 0.15) is 15.7 Å². The molecule has 7 nitrogen and oxygen atoms in total. The lowest BCUT2D eigenvalue weighted by Crippen LogP contribution is -2.31. The van der Waals surface area contributed by atoms with Crippen molar-refractivity contribution in [2.75, 3.05) is 0 Å². The quantitative estimate of drug-likeness (QED) is 0.682. The number of imidazole rings is 1. The van der Waals surface area contributed by atoms with E-state index in [1.807, 2.05) is 0 Å². The van der Waals surface area contributed by atoms with Gasteiger partial charge in [-0.3, -0.25) is 9.78 Å². The van der Waals surface area contributed by atoms with Crippen molar-refractivity contribution in [1.82, 2.24) is 24.1 Å². The summed E-state index contributed by atoms with van der Waals surface area (Å²) in [6.45, 7) is 0. The van der Waals surface area contributed by atoms with Crippen LogP contribution in [0, 0.1) is 0 Å². The Labute approximate surface area is 121 Å². The second-order valence-electron chi connectivity index (χ2n) is 4.06. The van der Waals surface area contributed by atoms with Crippen molar-refractivity contribution in [2.24, 2.45) is 7.05 Å². The molecule has 102 valence electrons.